The van der Waals surface area contributed by atoms with Crippen molar-refractivity contribution in [2.45, 2.75) is 51.5 Å². The molecule has 0 radical (unpaired) electrons. The molecule has 31 heavy (non-hydrogen) atoms. The normalized spacial score (nSPS) is 21.5. The van der Waals surface area contributed by atoms with E-state index in [4.69, 9.17) is 13.9 Å². The van der Waals surface area contributed by atoms with Gasteiger partial charge in [0.05, 0.1) is 26.2 Å². The lowest BCUT2D eigenvalue weighted by Gasteiger charge is -2.44. The van der Waals surface area contributed by atoms with Gasteiger partial charge in [-0.1, -0.05) is 6.42 Å². The Bertz CT molecular complexity index is 1010. The van der Waals surface area contributed by atoms with E-state index < -0.39 is 5.63 Å². The van der Waals surface area contributed by atoms with Gasteiger partial charge in [-0.3, -0.25) is 4.79 Å². The van der Waals surface area contributed by atoms with Gasteiger partial charge in [-0.25, -0.2) is 4.79 Å². The van der Waals surface area contributed by atoms with E-state index in [1.54, 1.807) is 6.07 Å². The SMILES string of the molecule is COc1ccc2c(C)c(CC(=O)NC[C@@H]3CCCN4CCCCC34)c(=O)oc2c1OC. The summed E-state index contributed by atoms with van der Waals surface area (Å²) in [5, 5.41) is 3.83. The molecule has 1 aromatic heterocycles. The summed E-state index contributed by atoms with van der Waals surface area (Å²) in [4.78, 5) is 28.0. The van der Waals surface area contributed by atoms with Crippen LogP contribution < -0.4 is 20.4 Å². The highest BCUT2D eigenvalue weighted by atomic mass is 16.5. The van der Waals surface area contributed by atoms with Crippen LogP contribution in [0.15, 0.2) is 21.3 Å². The van der Waals surface area contributed by atoms with Gasteiger partial charge in [0.1, 0.15) is 0 Å². The summed E-state index contributed by atoms with van der Waals surface area (Å²) >= 11 is 0. The zero-order valence-corrected chi connectivity index (χ0v) is 18.7. The molecule has 168 valence electrons. The van der Waals surface area contributed by atoms with Gasteiger partial charge >= 0.3 is 5.63 Å². The van der Waals surface area contributed by atoms with Crippen LogP contribution in [0.4, 0.5) is 0 Å². The van der Waals surface area contributed by atoms with Crippen molar-refractivity contribution in [3.8, 4) is 11.5 Å². The van der Waals surface area contributed by atoms with Crippen LogP contribution in [0.1, 0.15) is 43.2 Å². The van der Waals surface area contributed by atoms with E-state index in [9.17, 15) is 9.59 Å². The number of nitrogens with one attached hydrogen (secondary N) is 1. The van der Waals surface area contributed by atoms with Crippen LogP contribution in [0, 0.1) is 12.8 Å². The van der Waals surface area contributed by atoms with Gasteiger partial charge in [-0.05, 0) is 69.3 Å². The Hall–Kier alpha value is -2.54. The minimum Gasteiger partial charge on any atom is -0.493 e. The molecule has 3 heterocycles. The Labute approximate surface area is 182 Å². The third-order valence-electron chi connectivity index (χ3n) is 6.93. The Kier molecular flexibility index (Phi) is 6.51. The maximum Gasteiger partial charge on any atom is 0.340 e. The standard InChI is InChI=1S/C24H32N2O5/c1-15-17-9-10-20(29-2)23(30-3)22(17)31-24(28)18(15)13-21(27)25-14-16-7-6-12-26-11-5-4-8-19(16)26/h9-10,16,19H,4-8,11-14H2,1-3H3,(H,25,27)/t16-,19?/m0/s1. The lowest BCUT2D eigenvalue weighted by Crippen LogP contribution is -2.51. The fourth-order valence-corrected chi connectivity index (χ4v) is 5.25. The number of methoxy groups -OCH3 is 2. The first-order chi connectivity index (χ1) is 15.0. The van der Waals surface area contributed by atoms with Crippen LogP contribution in [0.2, 0.25) is 0 Å². The van der Waals surface area contributed by atoms with Crippen molar-refractivity contribution in [3.63, 3.8) is 0 Å². The van der Waals surface area contributed by atoms with E-state index in [-0.39, 0.29) is 12.3 Å². The van der Waals surface area contributed by atoms with Crippen molar-refractivity contribution in [2.75, 3.05) is 33.9 Å². The second-order valence-electron chi connectivity index (χ2n) is 8.65. The van der Waals surface area contributed by atoms with Crippen molar-refractivity contribution in [3.05, 3.63) is 33.7 Å². The second-order valence-corrected chi connectivity index (χ2v) is 8.65. The fraction of sp³-hybridized carbons (Fsp3) is 0.583. The smallest absolute Gasteiger partial charge is 0.340 e. The van der Waals surface area contributed by atoms with Gasteiger partial charge in [-0.2, -0.15) is 0 Å². The maximum atomic E-state index is 12.7. The Morgan fingerprint density at radius 3 is 2.74 bits per heavy atom. The van der Waals surface area contributed by atoms with E-state index >= 15 is 0 Å². The van der Waals surface area contributed by atoms with E-state index in [1.165, 1.54) is 53.0 Å². The third-order valence-corrected chi connectivity index (χ3v) is 6.93. The van der Waals surface area contributed by atoms with E-state index in [2.05, 4.69) is 10.2 Å². The molecule has 7 nitrogen and oxygen atoms in total. The number of piperidine rings is 2. The minimum atomic E-state index is -0.511. The van der Waals surface area contributed by atoms with Crippen LogP contribution in [-0.4, -0.2) is 50.7 Å². The molecule has 2 saturated heterocycles. The van der Waals surface area contributed by atoms with Crippen molar-refractivity contribution >= 4 is 16.9 Å². The molecule has 2 aliphatic heterocycles. The first-order valence-corrected chi connectivity index (χ1v) is 11.2. The van der Waals surface area contributed by atoms with Gasteiger partial charge in [-0.15, -0.1) is 0 Å². The molecule has 1 N–H and O–H groups in total. The lowest BCUT2D eigenvalue weighted by atomic mass is 9.83. The highest BCUT2D eigenvalue weighted by Gasteiger charge is 2.33. The first-order valence-electron chi connectivity index (χ1n) is 11.2. The first kappa shape index (κ1) is 21.7. The largest absolute Gasteiger partial charge is 0.493 e. The summed E-state index contributed by atoms with van der Waals surface area (Å²) in [6.07, 6.45) is 6.13. The molecular weight excluding hydrogens is 396 g/mol. The van der Waals surface area contributed by atoms with Crippen LogP contribution in [0.3, 0.4) is 0 Å². The van der Waals surface area contributed by atoms with Gasteiger partial charge in [0.15, 0.2) is 11.3 Å². The van der Waals surface area contributed by atoms with Crippen molar-refractivity contribution in [2.24, 2.45) is 5.92 Å². The quantitative estimate of drug-likeness (QED) is 0.713. The van der Waals surface area contributed by atoms with Crippen LogP contribution >= 0.6 is 0 Å². The average molecular weight is 429 g/mol. The maximum absolute atomic E-state index is 12.7. The number of rotatable bonds is 6. The summed E-state index contributed by atoms with van der Waals surface area (Å²) in [6.45, 7) is 4.87. The van der Waals surface area contributed by atoms with Crippen molar-refractivity contribution in [1.29, 1.82) is 0 Å². The fourth-order valence-electron chi connectivity index (χ4n) is 5.25. The summed E-state index contributed by atoms with van der Waals surface area (Å²) in [7, 11) is 3.04. The number of hydrogen-bond acceptors (Lipinski definition) is 6. The molecule has 1 unspecified atom stereocenters. The van der Waals surface area contributed by atoms with Crippen LogP contribution in [0.5, 0.6) is 11.5 Å². The van der Waals surface area contributed by atoms with Crippen molar-refractivity contribution in [1.82, 2.24) is 10.2 Å². The molecular formula is C24H32N2O5. The average Bonchev–Trinajstić information content (AvgIpc) is 2.79. The summed E-state index contributed by atoms with van der Waals surface area (Å²) in [5.41, 5.74) is 0.953. The monoisotopic (exact) mass is 428 g/mol. The molecule has 0 aliphatic carbocycles. The summed E-state index contributed by atoms with van der Waals surface area (Å²) in [6, 6.07) is 4.19. The number of aryl methyl sites for hydroxylation is 1. The van der Waals surface area contributed by atoms with Crippen LogP contribution in [-0.2, 0) is 11.2 Å². The molecule has 7 heteroatoms. The molecule has 2 atom stereocenters. The summed E-state index contributed by atoms with van der Waals surface area (Å²) in [5.74, 6) is 1.23. The van der Waals surface area contributed by atoms with Crippen LogP contribution in [0.25, 0.3) is 11.0 Å². The molecule has 0 bridgehead atoms. The molecule has 2 aromatic rings. The zero-order chi connectivity index (χ0) is 22.0. The lowest BCUT2D eigenvalue weighted by molar-refractivity contribution is -0.120. The molecule has 4 rings (SSSR count). The van der Waals surface area contributed by atoms with E-state index in [1.807, 2.05) is 13.0 Å². The highest BCUT2D eigenvalue weighted by molar-refractivity contribution is 5.89. The number of carbonyl (C=O) groups excluding carboxylic acids is 1. The van der Waals surface area contributed by atoms with E-state index in [0.717, 1.165) is 17.4 Å². The van der Waals surface area contributed by atoms with E-state index in [0.29, 0.717) is 41.1 Å². The Morgan fingerprint density at radius 2 is 1.97 bits per heavy atom. The molecule has 2 fully saturated rings. The van der Waals surface area contributed by atoms with Gasteiger partial charge in [0.25, 0.3) is 0 Å². The third kappa shape index (κ3) is 4.28. The Balaban J connectivity index is 1.49. The number of nitrogens with zero attached hydrogens (tertiary/aromatic N) is 1. The molecule has 0 saturated carbocycles. The number of carbonyl (C=O) groups is 1. The number of hydrogen-bond donors (Lipinski definition) is 1. The zero-order valence-electron chi connectivity index (χ0n) is 18.7. The molecule has 2 aliphatic rings. The number of ether oxygens (including phenoxy) is 2. The van der Waals surface area contributed by atoms with Gasteiger partial charge < -0.3 is 24.1 Å². The highest BCUT2D eigenvalue weighted by Crippen LogP contribution is 2.36. The number of benzene rings is 1. The molecule has 1 aromatic carbocycles. The minimum absolute atomic E-state index is 0.0134. The molecule has 1 amide bonds. The number of amides is 1. The molecule has 0 spiro atoms. The predicted octanol–water partition coefficient (Wildman–Crippen LogP) is 3.04. The number of fused-ring (bicyclic) bond motifs is 2. The van der Waals surface area contributed by atoms with Crippen molar-refractivity contribution < 1.29 is 18.7 Å². The van der Waals surface area contributed by atoms with Gasteiger partial charge in [0.2, 0.25) is 11.7 Å². The summed E-state index contributed by atoms with van der Waals surface area (Å²) < 4.78 is 16.2. The van der Waals surface area contributed by atoms with Gasteiger partial charge in [0, 0.05) is 18.0 Å². The topological polar surface area (TPSA) is 81.0 Å². The second kappa shape index (κ2) is 9.30. The predicted molar refractivity (Wildman–Crippen MR) is 119 cm³/mol. The Morgan fingerprint density at radius 1 is 1.16 bits per heavy atom.